The van der Waals surface area contributed by atoms with E-state index in [4.69, 9.17) is 0 Å². The molecule has 1 aromatic rings. The number of halogens is 3. The van der Waals surface area contributed by atoms with Gasteiger partial charge in [-0.2, -0.15) is 13.2 Å². The predicted molar refractivity (Wildman–Crippen MR) is 77.1 cm³/mol. The second-order valence-electron chi connectivity index (χ2n) is 5.99. The first-order valence-corrected chi connectivity index (χ1v) is 7.63. The summed E-state index contributed by atoms with van der Waals surface area (Å²) in [6, 6.07) is 0. The van der Waals surface area contributed by atoms with E-state index < -0.39 is 29.4 Å². The van der Waals surface area contributed by atoms with Crippen molar-refractivity contribution in [1.29, 1.82) is 0 Å². The van der Waals surface area contributed by atoms with E-state index in [-0.39, 0.29) is 18.4 Å². The number of aliphatic carboxylic acids is 1. The number of carbonyl (C=O) groups excluding carboxylic acids is 1. The molecule has 2 N–H and O–H groups in total. The highest BCUT2D eigenvalue weighted by Crippen LogP contribution is 2.34. The van der Waals surface area contributed by atoms with Crippen LogP contribution in [0, 0.1) is 5.92 Å². The van der Waals surface area contributed by atoms with Gasteiger partial charge in [0.05, 0.1) is 5.56 Å². The van der Waals surface area contributed by atoms with Crippen molar-refractivity contribution in [3.63, 3.8) is 0 Å². The normalized spacial score (nSPS) is 24.4. The number of nitrogens with zero attached hydrogens (tertiary/aromatic N) is 2. The smallest absolute Gasteiger partial charge is 0.451 e. The number of amides is 1. The fourth-order valence-electron chi connectivity index (χ4n) is 2.85. The Kier molecular flexibility index (Phi) is 5.10. The maximum absolute atomic E-state index is 12.4. The van der Waals surface area contributed by atoms with E-state index in [9.17, 15) is 27.9 Å². The average molecular weight is 345 g/mol. The van der Waals surface area contributed by atoms with E-state index in [1.54, 1.807) is 0 Å². The van der Waals surface area contributed by atoms with E-state index in [2.05, 4.69) is 15.3 Å². The molecule has 1 saturated carbocycles. The minimum absolute atomic E-state index is 0.207. The molecule has 6 nitrogen and oxygen atoms in total. The number of aromatic nitrogens is 2. The molecule has 0 aromatic carbocycles. The number of carboxylic acid groups (broad SMARTS) is 1. The molecule has 0 saturated heterocycles. The number of carboxylic acids is 1. The Bertz CT molecular complexity index is 609. The lowest BCUT2D eigenvalue weighted by molar-refractivity contribution is -0.146. The number of carbonyl (C=O) groups is 2. The van der Waals surface area contributed by atoms with Crippen molar-refractivity contribution in [1.82, 2.24) is 15.3 Å². The highest BCUT2D eigenvalue weighted by molar-refractivity contribution is 5.97. The summed E-state index contributed by atoms with van der Waals surface area (Å²) in [7, 11) is 0. The molecule has 9 heteroatoms. The van der Waals surface area contributed by atoms with Crippen molar-refractivity contribution in [2.75, 3.05) is 0 Å². The predicted octanol–water partition coefficient (Wildman–Crippen LogP) is 2.65. The molecule has 0 bridgehead atoms. The molecule has 1 aliphatic rings. The quantitative estimate of drug-likeness (QED) is 0.875. The van der Waals surface area contributed by atoms with E-state index >= 15 is 0 Å². The first-order valence-electron chi connectivity index (χ1n) is 7.63. The number of alkyl halides is 3. The standard InChI is InChI=1S/C15H18F3N3O3/c1-2-9-3-5-14(6-4-9,13(23)24)21-11(22)10-7-19-12(20-8-10)15(16,17)18/h7-9H,2-6H2,1H3,(H,21,22)(H,23,24). The molecule has 1 aliphatic carbocycles. The van der Waals surface area contributed by atoms with Gasteiger partial charge in [-0.15, -0.1) is 0 Å². The van der Waals surface area contributed by atoms with E-state index in [0.717, 1.165) is 18.8 Å². The lowest BCUT2D eigenvalue weighted by Crippen LogP contribution is -2.56. The Balaban J connectivity index is 2.13. The third-order valence-corrected chi connectivity index (χ3v) is 4.47. The van der Waals surface area contributed by atoms with Gasteiger partial charge in [-0.05, 0) is 31.6 Å². The van der Waals surface area contributed by atoms with Crippen LogP contribution in [-0.2, 0) is 11.0 Å². The fraction of sp³-hybridized carbons (Fsp3) is 0.600. The molecule has 1 fully saturated rings. The first-order chi connectivity index (χ1) is 11.2. The molecule has 0 unspecified atom stereocenters. The third kappa shape index (κ3) is 3.82. The lowest BCUT2D eigenvalue weighted by atomic mass is 9.75. The zero-order valence-corrected chi connectivity index (χ0v) is 13.1. The van der Waals surface area contributed by atoms with E-state index in [1.165, 1.54) is 0 Å². The summed E-state index contributed by atoms with van der Waals surface area (Å²) < 4.78 is 37.3. The third-order valence-electron chi connectivity index (χ3n) is 4.47. The molecule has 132 valence electrons. The molecular formula is C15H18F3N3O3. The van der Waals surface area contributed by atoms with Gasteiger partial charge < -0.3 is 10.4 Å². The van der Waals surface area contributed by atoms with Gasteiger partial charge >= 0.3 is 12.1 Å². The van der Waals surface area contributed by atoms with Crippen molar-refractivity contribution in [2.24, 2.45) is 5.92 Å². The molecule has 0 radical (unpaired) electrons. The van der Waals surface area contributed by atoms with Gasteiger partial charge in [-0.1, -0.05) is 13.3 Å². The second kappa shape index (κ2) is 6.74. The van der Waals surface area contributed by atoms with Crippen LogP contribution in [0.25, 0.3) is 0 Å². The SMILES string of the molecule is CCC1CCC(NC(=O)c2cnc(C(F)(F)F)nc2)(C(=O)O)CC1. The highest BCUT2D eigenvalue weighted by atomic mass is 19.4. The summed E-state index contributed by atoms with van der Waals surface area (Å²) in [4.78, 5) is 30.1. The van der Waals surface area contributed by atoms with Crippen LogP contribution in [0.4, 0.5) is 13.2 Å². The Hall–Kier alpha value is -2.19. The average Bonchev–Trinajstić information content (AvgIpc) is 2.54. The van der Waals surface area contributed by atoms with Crippen molar-refractivity contribution < 1.29 is 27.9 Å². The summed E-state index contributed by atoms with van der Waals surface area (Å²) >= 11 is 0. The number of rotatable bonds is 4. The molecule has 1 heterocycles. The van der Waals surface area contributed by atoms with Crippen LogP contribution in [0.5, 0.6) is 0 Å². The first kappa shape index (κ1) is 18.2. The molecule has 0 aliphatic heterocycles. The Morgan fingerprint density at radius 2 is 1.83 bits per heavy atom. The molecule has 1 aromatic heterocycles. The van der Waals surface area contributed by atoms with Crippen LogP contribution in [-0.4, -0.2) is 32.5 Å². The lowest BCUT2D eigenvalue weighted by Gasteiger charge is -2.37. The molecule has 24 heavy (non-hydrogen) atoms. The van der Waals surface area contributed by atoms with Gasteiger partial charge in [0.1, 0.15) is 5.54 Å². The number of nitrogens with one attached hydrogen (secondary N) is 1. The van der Waals surface area contributed by atoms with Gasteiger partial charge in [-0.25, -0.2) is 14.8 Å². The molecular weight excluding hydrogens is 327 g/mol. The van der Waals surface area contributed by atoms with Crippen LogP contribution in [0.2, 0.25) is 0 Å². The van der Waals surface area contributed by atoms with Crippen molar-refractivity contribution in [3.8, 4) is 0 Å². The zero-order valence-electron chi connectivity index (χ0n) is 13.1. The van der Waals surface area contributed by atoms with E-state index in [0.29, 0.717) is 18.8 Å². The summed E-state index contributed by atoms with van der Waals surface area (Å²) in [5, 5.41) is 12.0. The maximum atomic E-state index is 12.4. The largest absolute Gasteiger partial charge is 0.480 e. The van der Waals surface area contributed by atoms with Crippen LogP contribution in [0.3, 0.4) is 0 Å². The molecule has 1 amide bonds. The van der Waals surface area contributed by atoms with Crippen LogP contribution in [0.1, 0.15) is 55.2 Å². The Morgan fingerprint density at radius 3 is 2.25 bits per heavy atom. The van der Waals surface area contributed by atoms with Crippen molar-refractivity contribution in [2.45, 2.75) is 50.7 Å². The van der Waals surface area contributed by atoms with Crippen LogP contribution in [0.15, 0.2) is 12.4 Å². The summed E-state index contributed by atoms with van der Waals surface area (Å²) in [5.74, 6) is -2.86. The summed E-state index contributed by atoms with van der Waals surface area (Å²) in [6.45, 7) is 2.02. The summed E-state index contributed by atoms with van der Waals surface area (Å²) in [6.07, 6.45) is -0.343. The highest BCUT2D eigenvalue weighted by Gasteiger charge is 2.43. The van der Waals surface area contributed by atoms with Crippen molar-refractivity contribution in [3.05, 3.63) is 23.8 Å². The fourth-order valence-corrected chi connectivity index (χ4v) is 2.85. The number of hydrogen-bond donors (Lipinski definition) is 2. The van der Waals surface area contributed by atoms with Gasteiger partial charge in [0, 0.05) is 12.4 Å². The van der Waals surface area contributed by atoms with Crippen LogP contribution >= 0.6 is 0 Å². The second-order valence-corrected chi connectivity index (χ2v) is 5.99. The molecule has 2 rings (SSSR count). The summed E-state index contributed by atoms with van der Waals surface area (Å²) in [5.41, 5.74) is -1.60. The molecule has 0 spiro atoms. The van der Waals surface area contributed by atoms with Gasteiger partial charge in [-0.3, -0.25) is 4.79 Å². The van der Waals surface area contributed by atoms with E-state index in [1.807, 2.05) is 6.92 Å². The maximum Gasteiger partial charge on any atom is 0.451 e. The minimum Gasteiger partial charge on any atom is -0.480 e. The van der Waals surface area contributed by atoms with Gasteiger partial charge in [0.15, 0.2) is 0 Å². The van der Waals surface area contributed by atoms with Gasteiger partial charge in [0.25, 0.3) is 5.91 Å². The molecule has 0 atom stereocenters. The van der Waals surface area contributed by atoms with Gasteiger partial charge in [0.2, 0.25) is 5.82 Å². The zero-order chi connectivity index (χ0) is 18.0. The monoisotopic (exact) mass is 345 g/mol. The Morgan fingerprint density at radius 1 is 1.29 bits per heavy atom. The van der Waals surface area contributed by atoms with Crippen LogP contribution < -0.4 is 5.32 Å². The van der Waals surface area contributed by atoms with Crippen molar-refractivity contribution >= 4 is 11.9 Å². The number of hydrogen-bond acceptors (Lipinski definition) is 4. The minimum atomic E-state index is -4.70. The Labute approximate surface area is 136 Å². The topological polar surface area (TPSA) is 92.2 Å².